The molecule has 2 aliphatic heterocycles. The first-order valence-corrected chi connectivity index (χ1v) is 10.0. The highest BCUT2D eigenvalue weighted by Crippen LogP contribution is 2.17. The fraction of sp³-hybridized carbons (Fsp3) is 0.632. The van der Waals surface area contributed by atoms with Gasteiger partial charge >= 0.3 is 6.03 Å². The Hall–Kier alpha value is -2.02. The molecule has 3 heterocycles. The highest BCUT2D eigenvalue weighted by molar-refractivity contribution is 6.30. The van der Waals surface area contributed by atoms with Crippen LogP contribution in [0.2, 0.25) is 5.02 Å². The molecule has 2 aliphatic rings. The van der Waals surface area contributed by atoms with E-state index >= 15 is 0 Å². The number of likely N-dealkylation sites (tertiary alicyclic amines) is 1. The molecule has 2 saturated heterocycles. The van der Waals surface area contributed by atoms with Gasteiger partial charge in [-0.05, 0) is 25.0 Å². The first-order valence-electron chi connectivity index (χ1n) is 9.65. The number of halogens is 1. The van der Waals surface area contributed by atoms with Gasteiger partial charge in [-0.1, -0.05) is 25.4 Å². The van der Waals surface area contributed by atoms with Crippen molar-refractivity contribution < 1.29 is 9.59 Å². The number of hydrogen-bond acceptors (Lipinski definition) is 4. The van der Waals surface area contributed by atoms with Crippen molar-refractivity contribution >= 4 is 29.4 Å². The number of rotatable bonds is 3. The van der Waals surface area contributed by atoms with Crippen molar-refractivity contribution in [3.05, 3.63) is 23.4 Å². The highest BCUT2D eigenvalue weighted by Gasteiger charge is 2.27. The number of carbonyl (C=O) groups is 2. The van der Waals surface area contributed by atoms with Crippen LogP contribution in [-0.4, -0.2) is 72.0 Å². The molecule has 8 heteroatoms. The fourth-order valence-corrected chi connectivity index (χ4v) is 3.68. The van der Waals surface area contributed by atoms with Crippen molar-refractivity contribution in [2.24, 2.45) is 5.92 Å². The van der Waals surface area contributed by atoms with Gasteiger partial charge in [-0.25, -0.2) is 9.78 Å². The molecule has 0 atom stereocenters. The molecule has 0 bridgehead atoms. The van der Waals surface area contributed by atoms with Crippen LogP contribution in [0, 0.1) is 5.92 Å². The number of piperazine rings is 1. The largest absolute Gasteiger partial charge is 0.353 e. The average molecular weight is 394 g/mol. The number of amides is 3. The number of carbonyl (C=O) groups excluding carboxylic acids is 2. The molecular formula is C19H28ClN5O2. The number of urea groups is 1. The fourth-order valence-electron chi connectivity index (χ4n) is 3.57. The van der Waals surface area contributed by atoms with E-state index in [1.165, 1.54) is 0 Å². The first-order chi connectivity index (χ1) is 12.9. The predicted molar refractivity (Wildman–Crippen MR) is 106 cm³/mol. The minimum absolute atomic E-state index is 0.00708. The zero-order chi connectivity index (χ0) is 19.4. The van der Waals surface area contributed by atoms with Gasteiger partial charge in [-0.15, -0.1) is 0 Å². The summed E-state index contributed by atoms with van der Waals surface area (Å²) >= 11 is 5.89. The van der Waals surface area contributed by atoms with E-state index in [0.29, 0.717) is 18.1 Å². The van der Waals surface area contributed by atoms with Crippen LogP contribution in [0.3, 0.4) is 0 Å². The lowest BCUT2D eigenvalue weighted by Gasteiger charge is -2.37. The Kier molecular flexibility index (Phi) is 6.42. The molecule has 3 rings (SSSR count). The Bertz CT molecular complexity index is 651. The van der Waals surface area contributed by atoms with Crippen molar-refractivity contribution in [3.8, 4) is 0 Å². The Morgan fingerprint density at radius 2 is 1.74 bits per heavy atom. The number of hydrogen-bond donors (Lipinski definition) is 1. The van der Waals surface area contributed by atoms with Gasteiger partial charge in [0.05, 0.1) is 5.02 Å². The second-order valence-electron chi connectivity index (χ2n) is 7.51. The van der Waals surface area contributed by atoms with Crippen LogP contribution in [0.4, 0.5) is 10.6 Å². The maximum absolute atomic E-state index is 12.6. The van der Waals surface area contributed by atoms with E-state index in [1.54, 1.807) is 6.20 Å². The zero-order valence-electron chi connectivity index (χ0n) is 16.0. The number of nitrogens with zero attached hydrogens (tertiary/aromatic N) is 4. The lowest BCUT2D eigenvalue weighted by Crippen LogP contribution is -2.55. The van der Waals surface area contributed by atoms with Gasteiger partial charge < -0.3 is 20.0 Å². The van der Waals surface area contributed by atoms with Crippen LogP contribution < -0.4 is 10.2 Å². The SMILES string of the molecule is CC(C)C(=O)N1CCC(NC(=O)N2CCN(c3ccc(Cl)cn3)CC2)CC1. The van der Waals surface area contributed by atoms with E-state index in [2.05, 4.69) is 15.2 Å². The molecule has 0 saturated carbocycles. The minimum atomic E-state index is -0.00708. The van der Waals surface area contributed by atoms with E-state index in [4.69, 9.17) is 11.6 Å². The average Bonchev–Trinajstić information content (AvgIpc) is 2.68. The summed E-state index contributed by atoms with van der Waals surface area (Å²) in [5.74, 6) is 1.12. The number of piperidine rings is 1. The van der Waals surface area contributed by atoms with Crippen LogP contribution in [0.1, 0.15) is 26.7 Å². The zero-order valence-corrected chi connectivity index (χ0v) is 16.8. The number of pyridine rings is 1. The Labute approximate surface area is 165 Å². The molecule has 1 N–H and O–H groups in total. The van der Waals surface area contributed by atoms with E-state index in [0.717, 1.165) is 44.8 Å². The van der Waals surface area contributed by atoms with Crippen LogP contribution in [0.15, 0.2) is 18.3 Å². The lowest BCUT2D eigenvalue weighted by atomic mass is 10.0. The molecular weight excluding hydrogens is 366 g/mol. The topological polar surface area (TPSA) is 68.8 Å². The molecule has 0 aliphatic carbocycles. The summed E-state index contributed by atoms with van der Waals surface area (Å²) in [6.45, 7) is 8.13. The third kappa shape index (κ3) is 5.03. The van der Waals surface area contributed by atoms with Crippen molar-refractivity contribution in [3.63, 3.8) is 0 Å². The molecule has 0 aromatic carbocycles. The van der Waals surface area contributed by atoms with E-state index in [9.17, 15) is 9.59 Å². The molecule has 1 aromatic heterocycles. The molecule has 148 valence electrons. The monoisotopic (exact) mass is 393 g/mol. The summed E-state index contributed by atoms with van der Waals surface area (Å²) in [4.78, 5) is 34.9. The predicted octanol–water partition coefficient (Wildman–Crippen LogP) is 2.21. The maximum atomic E-state index is 12.6. The summed E-state index contributed by atoms with van der Waals surface area (Å²) in [6.07, 6.45) is 3.28. The molecule has 2 fully saturated rings. The van der Waals surface area contributed by atoms with Crippen molar-refractivity contribution in [1.82, 2.24) is 20.1 Å². The van der Waals surface area contributed by atoms with Gasteiger partial charge in [0.15, 0.2) is 0 Å². The summed E-state index contributed by atoms with van der Waals surface area (Å²) in [5, 5.41) is 3.76. The van der Waals surface area contributed by atoms with Gasteiger partial charge in [0.2, 0.25) is 5.91 Å². The molecule has 0 spiro atoms. The van der Waals surface area contributed by atoms with Crippen molar-refractivity contribution in [2.45, 2.75) is 32.7 Å². The Morgan fingerprint density at radius 3 is 2.30 bits per heavy atom. The smallest absolute Gasteiger partial charge is 0.317 e. The number of aromatic nitrogens is 1. The molecule has 0 radical (unpaired) electrons. The molecule has 0 unspecified atom stereocenters. The van der Waals surface area contributed by atoms with Crippen LogP contribution in [0.25, 0.3) is 0 Å². The second-order valence-corrected chi connectivity index (χ2v) is 7.95. The number of nitrogens with one attached hydrogen (secondary N) is 1. The normalized spacial score (nSPS) is 18.7. The highest BCUT2D eigenvalue weighted by atomic mass is 35.5. The molecule has 27 heavy (non-hydrogen) atoms. The molecule has 7 nitrogen and oxygen atoms in total. The van der Waals surface area contributed by atoms with Crippen LogP contribution >= 0.6 is 11.6 Å². The first kappa shape index (κ1) is 19.7. The lowest BCUT2D eigenvalue weighted by molar-refractivity contribution is -0.135. The second kappa shape index (κ2) is 8.78. The summed E-state index contributed by atoms with van der Waals surface area (Å²) in [6, 6.07) is 3.88. The van der Waals surface area contributed by atoms with Crippen molar-refractivity contribution in [2.75, 3.05) is 44.2 Å². The van der Waals surface area contributed by atoms with Gasteiger partial charge in [0.1, 0.15) is 5.82 Å². The Balaban J connectivity index is 1.42. The van der Waals surface area contributed by atoms with Gasteiger partial charge in [-0.3, -0.25) is 4.79 Å². The minimum Gasteiger partial charge on any atom is -0.353 e. The van der Waals surface area contributed by atoms with Crippen LogP contribution in [-0.2, 0) is 4.79 Å². The van der Waals surface area contributed by atoms with Crippen molar-refractivity contribution in [1.29, 1.82) is 0 Å². The number of anilines is 1. The standard InChI is InChI=1S/C19H28ClN5O2/c1-14(2)18(26)24-7-5-16(6-8-24)22-19(27)25-11-9-23(10-12-25)17-4-3-15(20)13-21-17/h3-4,13-14,16H,5-12H2,1-2H3,(H,22,27). The van der Waals surface area contributed by atoms with E-state index < -0.39 is 0 Å². The third-order valence-electron chi connectivity index (χ3n) is 5.23. The molecule has 1 aromatic rings. The van der Waals surface area contributed by atoms with Gasteiger partial charge in [0, 0.05) is 57.4 Å². The maximum Gasteiger partial charge on any atom is 0.317 e. The van der Waals surface area contributed by atoms with E-state index in [-0.39, 0.29) is 23.9 Å². The summed E-state index contributed by atoms with van der Waals surface area (Å²) < 4.78 is 0. The summed E-state index contributed by atoms with van der Waals surface area (Å²) in [7, 11) is 0. The van der Waals surface area contributed by atoms with Crippen LogP contribution in [0.5, 0.6) is 0 Å². The quantitative estimate of drug-likeness (QED) is 0.854. The molecule has 3 amide bonds. The van der Waals surface area contributed by atoms with Gasteiger partial charge in [0.25, 0.3) is 0 Å². The summed E-state index contributed by atoms with van der Waals surface area (Å²) in [5.41, 5.74) is 0. The van der Waals surface area contributed by atoms with Gasteiger partial charge in [-0.2, -0.15) is 0 Å². The third-order valence-corrected chi connectivity index (χ3v) is 5.45. The Morgan fingerprint density at radius 1 is 1.07 bits per heavy atom. The van der Waals surface area contributed by atoms with E-state index in [1.807, 2.05) is 35.8 Å².